The lowest BCUT2D eigenvalue weighted by atomic mass is 10.1. The van der Waals surface area contributed by atoms with E-state index in [-0.39, 0.29) is 11.0 Å². The summed E-state index contributed by atoms with van der Waals surface area (Å²) >= 11 is 0. The zero-order chi connectivity index (χ0) is 10.6. The van der Waals surface area contributed by atoms with E-state index in [1.165, 1.54) is 0 Å². The predicted octanol–water partition coefficient (Wildman–Crippen LogP) is -0.156. The molecular formula is C9H20N2O2S. The minimum atomic E-state index is -2.82. The van der Waals surface area contributed by atoms with Crippen LogP contribution < -0.4 is 5.73 Å². The monoisotopic (exact) mass is 220 g/mol. The Morgan fingerprint density at radius 1 is 1.36 bits per heavy atom. The van der Waals surface area contributed by atoms with Gasteiger partial charge in [0.1, 0.15) is 0 Å². The number of hydrogen-bond acceptors (Lipinski definition) is 4. The third-order valence-electron chi connectivity index (χ3n) is 2.89. The lowest BCUT2D eigenvalue weighted by molar-refractivity contribution is 0.236. The highest BCUT2D eigenvalue weighted by Gasteiger charge is 2.27. The quantitative estimate of drug-likeness (QED) is 0.715. The highest BCUT2D eigenvalue weighted by atomic mass is 32.2. The third-order valence-corrected chi connectivity index (χ3v) is 5.18. The van der Waals surface area contributed by atoms with Crippen LogP contribution in [0, 0.1) is 0 Å². The molecule has 84 valence electrons. The van der Waals surface area contributed by atoms with Gasteiger partial charge >= 0.3 is 0 Å². The lowest BCUT2D eigenvalue weighted by Crippen LogP contribution is -2.41. The molecule has 0 aromatic heterocycles. The van der Waals surface area contributed by atoms with E-state index in [1.807, 2.05) is 0 Å². The van der Waals surface area contributed by atoms with Crippen molar-refractivity contribution in [2.75, 3.05) is 31.9 Å². The van der Waals surface area contributed by atoms with Crippen molar-refractivity contribution in [2.24, 2.45) is 5.73 Å². The van der Waals surface area contributed by atoms with Crippen LogP contribution in [0.4, 0.5) is 0 Å². The molecule has 0 unspecified atom stereocenters. The highest BCUT2D eigenvalue weighted by Crippen LogP contribution is 2.17. The van der Waals surface area contributed by atoms with Crippen LogP contribution in [0.25, 0.3) is 0 Å². The van der Waals surface area contributed by atoms with Crippen molar-refractivity contribution in [3.63, 3.8) is 0 Å². The Morgan fingerprint density at radius 2 is 1.93 bits per heavy atom. The van der Waals surface area contributed by atoms with E-state index in [1.54, 1.807) is 6.92 Å². The summed E-state index contributed by atoms with van der Waals surface area (Å²) in [7, 11) is -2.82. The van der Waals surface area contributed by atoms with Gasteiger partial charge in [-0.1, -0.05) is 6.92 Å². The van der Waals surface area contributed by atoms with Crippen LogP contribution in [0.5, 0.6) is 0 Å². The number of rotatable bonds is 4. The molecule has 1 aliphatic rings. The molecule has 1 aliphatic heterocycles. The first kappa shape index (κ1) is 11.9. The maximum Gasteiger partial charge on any atom is 0.152 e. The van der Waals surface area contributed by atoms with Gasteiger partial charge in [-0.15, -0.1) is 0 Å². The van der Waals surface area contributed by atoms with E-state index in [4.69, 9.17) is 5.73 Å². The van der Waals surface area contributed by atoms with E-state index >= 15 is 0 Å². The predicted molar refractivity (Wildman–Crippen MR) is 58.0 cm³/mol. The molecule has 0 spiro atoms. The summed E-state index contributed by atoms with van der Waals surface area (Å²) in [5.74, 6) is 0.272. The van der Waals surface area contributed by atoms with Gasteiger partial charge in [-0.25, -0.2) is 8.42 Å². The molecule has 0 aromatic rings. The smallest absolute Gasteiger partial charge is 0.152 e. The molecule has 0 atom stereocenters. The van der Waals surface area contributed by atoms with Crippen LogP contribution in [0.1, 0.15) is 19.8 Å². The Bertz CT molecular complexity index is 256. The van der Waals surface area contributed by atoms with Crippen molar-refractivity contribution < 1.29 is 8.42 Å². The Hall–Kier alpha value is -0.130. The van der Waals surface area contributed by atoms with Crippen LogP contribution in [-0.4, -0.2) is 50.5 Å². The summed E-state index contributed by atoms with van der Waals surface area (Å²) in [6.45, 7) is 5.02. The Morgan fingerprint density at radius 3 is 2.36 bits per heavy atom. The molecule has 0 aliphatic carbocycles. The van der Waals surface area contributed by atoms with E-state index in [0.29, 0.717) is 6.54 Å². The molecule has 0 saturated carbocycles. The van der Waals surface area contributed by atoms with Crippen molar-refractivity contribution >= 4 is 9.84 Å². The van der Waals surface area contributed by atoms with Gasteiger partial charge < -0.3 is 10.6 Å². The Kier molecular flexibility index (Phi) is 4.34. The van der Waals surface area contributed by atoms with Gasteiger partial charge in [0.05, 0.1) is 5.25 Å². The van der Waals surface area contributed by atoms with E-state index in [9.17, 15) is 8.42 Å². The molecule has 0 aromatic carbocycles. The third kappa shape index (κ3) is 2.93. The second-order valence-corrected chi connectivity index (χ2v) is 6.35. The lowest BCUT2D eigenvalue weighted by Gasteiger charge is -2.31. The van der Waals surface area contributed by atoms with Crippen LogP contribution in [0.3, 0.4) is 0 Å². The fourth-order valence-corrected chi connectivity index (χ4v) is 3.31. The Labute approximate surface area is 86.4 Å². The molecule has 5 heteroatoms. The molecule has 2 N–H and O–H groups in total. The first-order valence-corrected chi connectivity index (χ1v) is 6.95. The SMILES string of the molecule is CCS(=O)(=O)C1CCN(CCN)CC1. The number of nitrogens with zero attached hydrogens (tertiary/aromatic N) is 1. The second kappa shape index (κ2) is 5.09. The molecule has 0 radical (unpaired) electrons. The zero-order valence-electron chi connectivity index (χ0n) is 8.78. The van der Waals surface area contributed by atoms with Gasteiger partial charge in [0.2, 0.25) is 0 Å². The first-order chi connectivity index (χ1) is 6.60. The molecule has 1 rings (SSSR count). The molecule has 1 heterocycles. The minimum absolute atomic E-state index is 0.110. The summed E-state index contributed by atoms with van der Waals surface area (Å²) in [5.41, 5.74) is 5.45. The van der Waals surface area contributed by atoms with Crippen LogP contribution in [-0.2, 0) is 9.84 Å². The number of hydrogen-bond donors (Lipinski definition) is 1. The topological polar surface area (TPSA) is 63.4 Å². The van der Waals surface area contributed by atoms with Gasteiger partial charge in [0, 0.05) is 18.8 Å². The number of likely N-dealkylation sites (tertiary alicyclic amines) is 1. The first-order valence-electron chi connectivity index (χ1n) is 5.24. The zero-order valence-corrected chi connectivity index (χ0v) is 9.59. The van der Waals surface area contributed by atoms with Crippen molar-refractivity contribution in [1.29, 1.82) is 0 Å². The summed E-state index contributed by atoms with van der Waals surface area (Å²) in [6.07, 6.45) is 1.55. The molecule has 14 heavy (non-hydrogen) atoms. The van der Waals surface area contributed by atoms with E-state index in [0.717, 1.165) is 32.5 Å². The number of sulfone groups is 1. The fourth-order valence-electron chi connectivity index (χ4n) is 1.91. The number of nitrogens with two attached hydrogens (primary N) is 1. The van der Waals surface area contributed by atoms with E-state index in [2.05, 4.69) is 4.90 Å². The van der Waals surface area contributed by atoms with E-state index < -0.39 is 9.84 Å². The molecule has 4 nitrogen and oxygen atoms in total. The maximum atomic E-state index is 11.6. The normalized spacial score (nSPS) is 21.3. The maximum absolute atomic E-state index is 11.6. The average Bonchev–Trinajstić information content (AvgIpc) is 2.19. The minimum Gasteiger partial charge on any atom is -0.329 e. The van der Waals surface area contributed by atoms with Gasteiger partial charge in [0.25, 0.3) is 0 Å². The van der Waals surface area contributed by atoms with Crippen molar-refractivity contribution in [2.45, 2.75) is 25.0 Å². The second-order valence-electron chi connectivity index (χ2n) is 3.78. The molecule has 1 fully saturated rings. The largest absolute Gasteiger partial charge is 0.329 e. The Balaban J connectivity index is 2.43. The fraction of sp³-hybridized carbons (Fsp3) is 1.00. The van der Waals surface area contributed by atoms with Crippen molar-refractivity contribution in [1.82, 2.24) is 4.90 Å². The molecule has 0 bridgehead atoms. The highest BCUT2D eigenvalue weighted by molar-refractivity contribution is 7.92. The molecule has 0 amide bonds. The summed E-state index contributed by atoms with van der Waals surface area (Å²) < 4.78 is 23.2. The van der Waals surface area contributed by atoms with Crippen molar-refractivity contribution in [3.8, 4) is 0 Å². The van der Waals surface area contributed by atoms with Crippen LogP contribution >= 0.6 is 0 Å². The van der Waals surface area contributed by atoms with Gasteiger partial charge in [0.15, 0.2) is 9.84 Å². The van der Waals surface area contributed by atoms with Crippen LogP contribution in [0.2, 0.25) is 0 Å². The van der Waals surface area contributed by atoms with Gasteiger partial charge in [-0.3, -0.25) is 0 Å². The molecular weight excluding hydrogens is 200 g/mol. The number of piperidine rings is 1. The molecule has 1 saturated heterocycles. The van der Waals surface area contributed by atoms with Crippen LogP contribution in [0.15, 0.2) is 0 Å². The standard InChI is InChI=1S/C9H20N2O2S/c1-2-14(12,13)9-3-6-11(7-4-9)8-5-10/h9H,2-8,10H2,1H3. The summed E-state index contributed by atoms with van der Waals surface area (Å²) in [6, 6.07) is 0. The summed E-state index contributed by atoms with van der Waals surface area (Å²) in [4.78, 5) is 2.24. The van der Waals surface area contributed by atoms with Gasteiger partial charge in [-0.05, 0) is 25.9 Å². The average molecular weight is 220 g/mol. The van der Waals surface area contributed by atoms with Crippen molar-refractivity contribution in [3.05, 3.63) is 0 Å². The summed E-state index contributed by atoms with van der Waals surface area (Å²) in [5, 5.41) is -0.110. The van der Waals surface area contributed by atoms with Gasteiger partial charge in [-0.2, -0.15) is 0 Å².